The van der Waals surface area contributed by atoms with Crippen molar-refractivity contribution in [3.8, 4) is 5.88 Å². The number of fused-ring (bicyclic) bond motifs is 1. The van der Waals surface area contributed by atoms with Crippen LogP contribution in [0.1, 0.15) is 64.8 Å². The van der Waals surface area contributed by atoms with E-state index in [2.05, 4.69) is 15.0 Å². The Labute approximate surface area is 215 Å². The van der Waals surface area contributed by atoms with E-state index >= 15 is 0 Å². The van der Waals surface area contributed by atoms with Gasteiger partial charge < -0.3 is 4.74 Å². The van der Waals surface area contributed by atoms with Crippen LogP contribution < -0.4 is 4.74 Å². The number of aryl methyl sites for hydroxylation is 1. The van der Waals surface area contributed by atoms with Crippen molar-refractivity contribution in [3.05, 3.63) is 39.3 Å². The van der Waals surface area contributed by atoms with E-state index in [1.165, 1.54) is 11.8 Å². The minimum atomic E-state index is -3.90. The third-order valence-corrected chi connectivity index (χ3v) is 7.84. The van der Waals surface area contributed by atoms with Crippen molar-refractivity contribution >= 4 is 42.8 Å². The van der Waals surface area contributed by atoms with Crippen molar-refractivity contribution in [2.45, 2.75) is 82.9 Å². The Morgan fingerprint density at radius 1 is 1.00 bits per heavy atom. The maximum absolute atomic E-state index is 13.2. The molecule has 0 unspecified atom stereocenters. The molecule has 2 aromatic heterocycles. The molecule has 2 heterocycles. The third kappa shape index (κ3) is 8.05. The van der Waals surface area contributed by atoms with E-state index in [0.717, 1.165) is 36.1 Å². The molecule has 0 bridgehead atoms. The molecule has 0 fully saturated rings. The van der Waals surface area contributed by atoms with Crippen LogP contribution in [-0.2, 0) is 36.7 Å². The Morgan fingerprint density at radius 2 is 1.62 bits per heavy atom. The summed E-state index contributed by atoms with van der Waals surface area (Å²) < 4.78 is 35.9. The van der Waals surface area contributed by atoms with Gasteiger partial charge >= 0.3 is 7.82 Å². The van der Waals surface area contributed by atoms with E-state index in [4.69, 9.17) is 41.5 Å². The third-order valence-electron chi connectivity index (χ3n) is 4.35. The highest BCUT2D eigenvalue weighted by Crippen LogP contribution is 2.55. The molecular weight excluding hydrogens is 520 g/mol. The molecule has 0 aromatic carbocycles. The Hall–Kier alpha value is -0.930. The summed E-state index contributed by atoms with van der Waals surface area (Å²) in [7, 11) is -3.90. The number of phosphoric acid groups is 1. The van der Waals surface area contributed by atoms with Crippen LogP contribution in [-0.4, -0.2) is 32.9 Å². The normalized spacial score (nSPS) is 14.4. The predicted octanol–water partition coefficient (Wildman–Crippen LogP) is 7.05. The smallest absolute Gasteiger partial charge is 0.450 e. The predicted molar refractivity (Wildman–Crippen MR) is 134 cm³/mol. The number of nitrogens with zero attached hydrogens (tertiary/aromatic N) is 3. The number of phosphoric ester groups is 1. The van der Waals surface area contributed by atoms with E-state index < -0.39 is 19.0 Å². The van der Waals surface area contributed by atoms with Gasteiger partial charge in [-0.05, 0) is 60.8 Å². The van der Waals surface area contributed by atoms with Crippen molar-refractivity contribution < 1.29 is 22.9 Å². The van der Waals surface area contributed by atoms with Crippen LogP contribution in [0.15, 0.2) is 17.6 Å². The zero-order valence-electron chi connectivity index (χ0n) is 20.2. The first kappa shape index (κ1) is 27.7. The van der Waals surface area contributed by atoms with Crippen molar-refractivity contribution in [2.75, 3.05) is 6.79 Å². The van der Waals surface area contributed by atoms with Crippen LogP contribution in [0.25, 0.3) is 0 Å². The molecule has 0 N–H and O–H groups in total. The fourth-order valence-corrected chi connectivity index (χ4v) is 6.39. The summed E-state index contributed by atoms with van der Waals surface area (Å²) in [5.41, 5.74) is 1.14. The molecular formula is C22H30Cl2N3O5PS. The van der Waals surface area contributed by atoms with Crippen molar-refractivity contribution in [3.63, 3.8) is 0 Å². The van der Waals surface area contributed by atoms with Gasteiger partial charge in [0.1, 0.15) is 0 Å². The van der Waals surface area contributed by atoms with Gasteiger partial charge in [0, 0.05) is 29.3 Å². The zero-order chi connectivity index (χ0) is 25.1. The number of pyridine rings is 1. The molecule has 12 heteroatoms. The summed E-state index contributed by atoms with van der Waals surface area (Å²) in [6.07, 6.45) is 5.69. The molecule has 0 radical (unpaired) electrons. The van der Waals surface area contributed by atoms with Crippen LogP contribution in [0, 0.1) is 0 Å². The van der Waals surface area contributed by atoms with Crippen molar-refractivity contribution in [1.29, 1.82) is 0 Å². The number of thioether (sulfide) groups is 1. The lowest BCUT2D eigenvalue weighted by molar-refractivity contribution is -0.0199. The summed E-state index contributed by atoms with van der Waals surface area (Å²) in [6.45, 7) is 10.3. The lowest BCUT2D eigenvalue weighted by atomic mass is 10.2. The number of rotatable bonds is 9. The van der Waals surface area contributed by atoms with Gasteiger partial charge in [-0.3, -0.25) is 14.0 Å². The standard InChI is InChI=1S/C22H30Cl2N3O5PS/c1-21(2,3)31-33(28,32-22(4,5)6)30-13-29-19-14-8-7-9-18(14)26-20(27-19)34-12-15-16(23)10-25-11-17(15)24/h10-11H,7-9,12-13H2,1-6H3. The number of hydrogen-bond donors (Lipinski definition) is 0. The molecule has 0 amide bonds. The first-order chi connectivity index (χ1) is 15.7. The summed E-state index contributed by atoms with van der Waals surface area (Å²) in [5, 5.41) is 1.50. The Bertz CT molecular complexity index is 1040. The minimum absolute atomic E-state index is 0.348. The molecule has 0 saturated carbocycles. The molecule has 0 saturated heterocycles. The number of halogens is 2. The van der Waals surface area contributed by atoms with Crippen LogP contribution in [0.3, 0.4) is 0 Å². The molecule has 0 atom stereocenters. The van der Waals surface area contributed by atoms with E-state index in [1.54, 1.807) is 53.9 Å². The molecule has 8 nitrogen and oxygen atoms in total. The Balaban J connectivity index is 1.74. The number of ether oxygens (including phenoxy) is 1. The van der Waals surface area contributed by atoms with Gasteiger partial charge in [0.2, 0.25) is 12.7 Å². The highest BCUT2D eigenvalue weighted by atomic mass is 35.5. The highest BCUT2D eigenvalue weighted by Gasteiger charge is 2.37. The quantitative estimate of drug-likeness (QED) is 0.141. The topological polar surface area (TPSA) is 92.7 Å². The summed E-state index contributed by atoms with van der Waals surface area (Å²) >= 11 is 13.9. The van der Waals surface area contributed by atoms with Crippen LogP contribution >= 0.6 is 42.8 Å². The molecule has 0 aliphatic heterocycles. The van der Waals surface area contributed by atoms with Gasteiger partial charge in [-0.2, -0.15) is 4.98 Å². The van der Waals surface area contributed by atoms with Gasteiger partial charge in [-0.15, -0.1) is 0 Å². The molecule has 3 rings (SSSR count). The van der Waals surface area contributed by atoms with Gasteiger partial charge in [0.25, 0.3) is 0 Å². The number of hydrogen-bond acceptors (Lipinski definition) is 9. The largest absolute Gasteiger partial charge is 0.478 e. The fraction of sp³-hybridized carbons (Fsp3) is 0.591. The molecule has 0 spiro atoms. The molecule has 2 aromatic rings. The van der Waals surface area contributed by atoms with Crippen LogP contribution in [0.2, 0.25) is 10.0 Å². The Morgan fingerprint density at radius 3 is 2.21 bits per heavy atom. The zero-order valence-corrected chi connectivity index (χ0v) is 23.4. The molecule has 1 aliphatic carbocycles. The monoisotopic (exact) mass is 549 g/mol. The van der Waals surface area contributed by atoms with Crippen molar-refractivity contribution in [1.82, 2.24) is 15.0 Å². The SMILES string of the molecule is CC(C)(C)OP(=O)(OCOc1nc(SCc2c(Cl)cncc2Cl)nc2c1CCC2)OC(C)(C)C. The molecule has 34 heavy (non-hydrogen) atoms. The second kappa shape index (κ2) is 11.0. The molecule has 188 valence electrons. The van der Waals surface area contributed by atoms with Gasteiger partial charge in [0.05, 0.1) is 26.9 Å². The average Bonchev–Trinajstić information content (AvgIpc) is 3.13. The second-order valence-electron chi connectivity index (χ2n) is 9.71. The summed E-state index contributed by atoms with van der Waals surface area (Å²) in [4.78, 5) is 13.2. The van der Waals surface area contributed by atoms with Gasteiger partial charge in [0.15, 0.2) is 5.16 Å². The van der Waals surface area contributed by atoms with Gasteiger partial charge in [-0.25, -0.2) is 14.1 Å². The summed E-state index contributed by atoms with van der Waals surface area (Å²) in [6, 6.07) is 0. The van der Waals surface area contributed by atoms with E-state index in [9.17, 15) is 4.57 Å². The second-order valence-corrected chi connectivity index (χ2v) is 13.0. The average molecular weight is 550 g/mol. The van der Waals surface area contributed by atoms with Gasteiger partial charge in [-0.1, -0.05) is 35.0 Å². The minimum Gasteiger partial charge on any atom is -0.450 e. The van der Waals surface area contributed by atoms with E-state index in [-0.39, 0.29) is 6.79 Å². The van der Waals surface area contributed by atoms with E-state index in [1.807, 2.05) is 0 Å². The number of aromatic nitrogens is 3. The van der Waals surface area contributed by atoms with E-state index in [0.29, 0.717) is 26.8 Å². The van der Waals surface area contributed by atoms with Crippen molar-refractivity contribution in [2.24, 2.45) is 0 Å². The van der Waals surface area contributed by atoms with Crippen LogP contribution in [0.4, 0.5) is 0 Å². The fourth-order valence-electron chi connectivity index (χ4n) is 3.16. The Kier molecular flexibility index (Phi) is 8.94. The summed E-state index contributed by atoms with van der Waals surface area (Å²) in [5.74, 6) is 0.873. The maximum atomic E-state index is 13.2. The highest BCUT2D eigenvalue weighted by molar-refractivity contribution is 7.98. The lowest BCUT2D eigenvalue weighted by Gasteiger charge is -2.30. The lowest BCUT2D eigenvalue weighted by Crippen LogP contribution is -2.25. The molecule has 1 aliphatic rings. The maximum Gasteiger partial charge on any atom is 0.478 e. The van der Waals surface area contributed by atoms with Crippen LogP contribution in [0.5, 0.6) is 5.88 Å². The first-order valence-corrected chi connectivity index (χ1v) is 14.0. The first-order valence-electron chi connectivity index (χ1n) is 10.8.